The Hall–Kier alpha value is -5.64. The number of carbonyl (C=O) groups excluding carboxylic acids is 9. The van der Waals surface area contributed by atoms with Crippen molar-refractivity contribution in [2.75, 3.05) is 13.1 Å². The third kappa shape index (κ3) is 25.5. The van der Waals surface area contributed by atoms with Crippen molar-refractivity contribution in [3.05, 3.63) is 0 Å². The van der Waals surface area contributed by atoms with Gasteiger partial charge < -0.3 is 88.7 Å². The zero-order valence-electron chi connectivity index (χ0n) is 51.0. The van der Waals surface area contributed by atoms with Crippen molar-refractivity contribution in [3.8, 4) is 0 Å². The van der Waals surface area contributed by atoms with Gasteiger partial charge >= 0.3 is 48.4 Å². The molecule has 2 aliphatic heterocycles. The number of carbonyl (C=O) groups is 9. The highest BCUT2D eigenvalue weighted by molar-refractivity contribution is 6.21. The summed E-state index contributed by atoms with van der Waals surface area (Å²) >= 11 is 7.66. The maximum Gasteiger partial charge on any atom is 0.408 e. The summed E-state index contributed by atoms with van der Waals surface area (Å²) in [4.78, 5) is 119. The standard InChI is InChI=1S/C54H91ClN6O21/c1-20-34-40(72-28(3)63)37(61-49(70)82-54(17,18)19)41(73-29(4)64)44(75-34)77-38-32(58-42(65)35(71-27(2)62)23-24-56-45(66)78-50(5,6)7)25-33(60-48(69)81-53(14,15)16)39(36(38)55)76-43-31(59-47(68)80-52(11,12)13)22-21-30(74-43)26-57-46(67)79-51(8,9)10/h30-41,43-44H,20-26H2,1-19H3,(H,56,66)(H,57,67)(H,58,65)(H,59,68)(H,60,69)(H,61,70)/t30?,31?,32-,33+,34?,35+,36?,37+,38-,39?,40+,41?,43+,44+/m1/s1. The number of nitrogens with one attached hydrogen (secondary N) is 6. The van der Waals surface area contributed by atoms with Gasteiger partial charge in [0.2, 0.25) is 0 Å². The van der Waals surface area contributed by atoms with E-state index in [1.165, 1.54) is 0 Å². The predicted molar refractivity (Wildman–Crippen MR) is 292 cm³/mol. The molecule has 0 spiro atoms. The number of esters is 3. The van der Waals surface area contributed by atoms with Crippen molar-refractivity contribution in [2.24, 2.45) is 0 Å². The van der Waals surface area contributed by atoms with E-state index in [0.717, 1.165) is 20.8 Å². The van der Waals surface area contributed by atoms with Gasteiger partial charge in [0.1, 0.15) is 46.3 Å². The maximum absolute atomic E-state index is 14.6. The summed E-state index contributed by atoms with van der Waals surface area (Å²) < 4.78 is 71.4. The first kappa shape index (κ1) is 70.6. The van der Waals surface area contributed by atoms with Gasteiger partial charge in [-0.25, -0.2) is 24.0 Å². The fourth-order valence-corrected chi connectivity index (χ4v) is 9.24. The molecule has 0 aromatic heterocycles. The molecular weight excluding hydrogens is 1100 g/mol. The first-order valence-corrected chi connectivity index (χ1v) is 28.0. The largest absolute Gasteiger partial charge is 0.457 e. The lowest BCUT2D eigenvalue weighted by Crippen LogP contribution is -2.70. The Morgan fingerprint density at radius 2 is 0.951 bits per heavy atom. The van der Waals surface area contributed by atoms with Crippen molar-refractivity contribution in [1.29, 1.82) is 0 Å². The Balaban J connectivity index is 2.31. The van der Waals surface area contributed by atoms with Gasteiger partial charge in [-0.05, 0) is 130 Å². The fourth-order valence-electron chi connectivity index (χ4n) is 8.77. The first-order chi connectivity index (χ1) is 37.5. The summed E-state index contributed by atoms with van der Waals surface area (Å²) in [5.74, 6) is -3.46. The van der Waals surface area contributed by atoms with E-state index in [4.69, 9.17) is 68.4 Å². The lowest BCUT2D eigenvalue weighted by Gasteiger charge is -2.50. The van der Waals surface area contributed by atoms with Crippen molar-refractivity contribution >= 4 is 65.9 Å². The molecular formula is C54H91ClN6O21. The molecule has 470 valence electrons. The smallest absolute Gasteiger partial charge is 0.408 e. The zero-order valence-corrected chi connectivity index (χ0v) is 51.7. The quantitative estimate of drug-likeness (QED) is 0.0536. The van der Waals surface area contributed by atoms with Gasteiger partial charge in [0.15, 0.2) is 30.9 Å². The maximum atomic E-state index is 14.6. The van der Waals surface area contributed by atoms with Gasteiger partial charge in [0.25, 0.3) is 5.91 Å². The van der Waals surface area contributed by atoms with Crippen LogP contribution < -0.4 is 31.9 Å². The number of rotatable bonds is 18. The Labute approximate surface area is 485 Å². The third-order valence-corrected chi connectivity index (χ3v) is 12.1. The van der Waals surface area contributed by atoms with Crippen LogP contribution in [0.5, 0.6) is 0 Å². The van der Waals surface area contributed by atoms with E-state index in [1.807, 2.05) is 0 Å². The lowest BCUT2D eigenvalue weighted by molar-refractivity contribution is -0.301. The van der Waals surface area contributed by atoms with E-state index >= 15 is 0 Å². The number of alkyl carbamates (subject to hydrolysis) is 5. The molecule has 27 nitrogen and oxygen atoms in total. The highest BCUT2D eigenvalue weighted by atomic mass is 35.5. The van der Waals surface area contributed by atoms with E-state index < -0.39 is 167 Å². The SMILES string of the molecule is CCC1O[C@@H](O[C@H]2C(Cl)C(O[C@@H]3OC(CNC(=O)OC(C)(C)C)CCC3NC(=O)OC(C)(C)C)[C@@H](NC(=O)OC(C)(C)C)C[C@H]2NC(=O)[C@H](CCNC(=O)OC(C)(C)C)OC(C)=O)C(OC(C)=O)[C@@H](NC(=O)OC(C)(C)C)[C@H]1OC(C)=O. The van der Waals surface area contributed by atoms with Crippen molar-refractivity contribution in [3.63, 3.8) is 0 Å². The van der Waals surface area contributed by atoms with Gasteiger partial charge in [-0.2, -0.15) is 0 Å². The monoisotopic (exact) mass is 1190 g/mol. The van der Waals surface area contributed by atoms with E-state index in [1.54, 1.807) is 111 Å². The van der Waals surface area contributed by atoms with Crippen LogP contribution in [0.2, 0.25) is 0 Å². The van der Waals surface area contributed by atoms with Crippen LogP contribution >= 0.6 is 11.6 Å². The molecule has 3 fully saturated rings. The van der Waals surface area contributed by atoms with Crippen LogP contribution in [0.15, 0.2) is 0 Å². The van der Waals surface area contributed by atoms with Crippen molar-refractivity contribution in [2.45, 2.75) is 277 Å². The van der Waals surface area contributed by atoms with Crippen LogP contribution in [-0.4, -0.2) is 180 Å². The molecule has 0 bridgehead atoms. The minimum absolute atomic E-state index is 0.0822. The second kappa shape index (κ2) is 29.7. The number of ether oxygens (including phenoxy) is 12. The van der Waals surface area contributed by atoms with E-state index in [2.05, 4.69) is 31.9 Å². The Morgan fingerprint density at radius 3 is 1.43 bits per heavy atom. The molecule has 6 amide bonds. The summed E-state index contributed by atoms with van der Waals surface area (Å²) in [6.45, 7) is 29.5. The van der Waals surface area contributed by atoms with Crippen LogP contribution in [0.1, 0.15) is 164 Å². The normalized spacial score (nSPS) is 27.3. The molecule has 14 atom stereocenters. The average molecular weight is 1200 g/mol. The second-order valence-electron chi connectivity index (χ2n) is 25.2. The molecule has 3 rings (SSSR count). The third-order valence-electron chi connectivity index (χ3n) is 11.6. The van der Waals surface area contributed by atoms with Crippen molar-refractivity contribution in [1.82, 2.24) is 31.9 Å². The topological polar surface area (TPSA) is 337 Å². The number of hydrogen-bond acceptors (Lipinski definition) is 21. The molecule has 0 aromatic rings. The molecule has 82 heavy (non-hydrogen) atoms. The lowest BCUT2D eigenvalue weighted by atomic mass is 9.84. The highest BCUT2D eigenvalue weighted by Crippen LogP contribution is 2.37. The van der Waals surface area contributed by atoms with Crippen LogP contribution in [0, 0.1) is 0 Å². The number of alkyl halides is 1. The molecule has 6 unspecified atom stereocenters. The Morgan fingerprint density at radius 1 is 0.512 bits per heavy atom. The van der Waals surface area contributed by atoms with E-state index in [0.29, 0.717) is 0 Å². The summed E-state index contributed by atoms with van der Waals surface area (Å²) in [6.07, 6.45) is -17.0. The first-order valence-electron chi connectivity index (χ1n) is 27.5. The molecule has 6 N–H and O–H groups in total. The number of halogens is 1. The summed E-state index contributed by atoms with van der Waals surface area (Å²) in [7, 11) is 0. The summed E-state index contributed by atoms with van der Waals surface area (Å²) in [5, 5.41) is 14.8. The summed E-state index contributed by atoms with van der Waals surface area (Å²) in [5.41, 5.74) is -4.70. The van der Waals surface area contributed by atoms with Crippen LogP contribution in [-0.2, 0) is 76.0 Å². The number of amides is 6. The second-order valence-corrected chi connectivity index (χ2v) is 25.7. The Kier molecular flexibility index (Phi) is 25.6. The fraction of sp³-hybridized carbons (Fsp3) is 0.833. The molecule has 1 aliphatic carbocycles. The van der Waals surface area contributed by atoms with Gasteiger partial charge in [0, 0.05) is 40.3 Å². The summed E-state index contributed by atoms with van der Waals surface area (Å²) in [6, 6.07) is -5.03. The molecule has 3 aliphatic rings. The van der Waals surface area contributed by atoms with E-state index in [-0.39, 0.29) is 45.2 Å². The van der Waals surface area contributed by atoms with Crippen LogP contribution in [0.3, 0.4) is 0 Å². The van der Waals surface area contributed by atoms with Crippen molar-refractivity contribution < 1.29 is 100.0 Å². The molecule has 2 saturated heterocycles. The van der Waals surface area contributed by atoms with Crippen LogP contribution in [0.4, 0.5) is 24.0 Å². The van der Waals surface area contributed by atoms with Crippen LogP contribution in [0.25, 0.3) is 0 Å². The molecule has 0 aromatic carbocycles. The minimum atomic E-state index is -1.74. The highest BCUT2D eigenvalue weighted by Gasteiger charge is 2.56. The molecule has 28 heteroatoms. The molecule has 2 heterocycles. The van der Waals surface area contributed by atoms with E-state index in [9.17, 15) is 43.2 Å². The molecule has 1 saturated carbocycles. The average Bonchev–Trinajstić information content (AvgIpc) is 3.27. The minimum Gasteiger partial charge on any atom is -0.457 e. The van der Waals surface area contributed by atoms with Gasteiger partial charge in [-0.3, -0.25) is 19.2 Å². The zero-order chi connectivity index (χ0) is 62.5. The van der Waals surface area contributed by atoms with Gasteiger partial charge in [0.05, 0.1) is 35.7 Å². The van der Waals surface area contributed by atoms with Gasteiger partial charge in [-0.15, -0.1) is 11.6 Å². The Bertz CT molecular complexity index is 2210. The molecule has 0 radical (unpaired) electrons. The predicted octanol–water partition coefficient (Wildman–Crippen LogP) is 5.81. The number of hydrogen-bond donors (Lipinski definition) is 6. The van der Waals surface area contributed by atoms with Gasteiger partial charge in [-0.1, -0.05) is 6.92 Å².